The quantitative estimate of drug-likeness (QED) is 0.684. The van der Waals surface area contributed by atoms with E-state index >= 15 is 0 Å². The number of amides is 1. The predicted octanol–water partition coefficient (Wildman–Crippen LogP) is 2.75. The zero-order valence-electron chi connectivity index (χ0n) is 15.9. The molecule has 28 heavy (non-hydrogen) atoms. The third-order valence-electron chi connectivity index (χ3n) is 5.12. The topological polar surface area (TPSA) is 73.1 Å². The molecule has 7 heteroatoms. The van der Waals surface area contributed by atoms with Gasteiger partial charge < -0.3 is 14.2 Å². The first kappa shape index (κ1) is 18.2. The molecule has 0 unspecified atom stereocenters. The van der Waals surface area contributed by atoms with Gasteiger partial charge in [-0.1, -0.05) is 0 Å². The lowest BCUT2D eigenvalue weighted by molar-refractivity contribution is 0.0699. The molecule has 3 aromatic heterocycles. The Morgan fingerprint density at radius 3 is 2.86 bits per heavy atom. The average molecular weight is 377 g/mol. The van der Waals surface area contributed by atoms with Crippen molar-refractivity contribution in [2.75, 3.05) is 20.2 Å². The molecule has 0 aromatic carbocycles. The Balaban J connectivity index is 1.52. The number of rotatable bonds is 5. The van der Waals surface area contributed by atoms with Crippen molar-refractivity contribution in [3.63, 3.8) is 0 Å². The van der Waals surface area contributed by atoms with E-state index in [2.05, 4.69) is 19.5 Å². The number of hydrogen-bond donors (Lipinski definition) is 0. The Bertz CT molecular complexity index is 941. The Kier molecular flexibility index (Phi) is 5.32. The minimum atomic E-state index is -0.0399. The highest BCUT2D eigenvalue weighted by atomic mass is 16.5. The van der Waals surface area contributed by atoms with Gasteiger partial charge in [0.15, 0.2) is 0 Å². The number of carbonyl (C=O) groups excluding carboxylic acids is 1. The van der Waals surface area contributed by atoms with Crippen LogP contribution in [0.1, 0.15) is 40.5 Å². The Labute approximate surface area is 164 Å². The number of imidazole rings is 1. The first-order valence-electron chi connectivity index (χ1n) is 9.44. The van der Waals surface area contributed by atoms with Gasteiger partial charge in [0.05, 0.1) is 7.11 Å². The second-order valence-electron chi connectivity index (χ2n) is 6.92. The van der Waals surface area contributed by atoms with Crippen LogP contribution in [0, 0.1) is 0 Å². The van der Waals surface area contributed by atoms with Crippen molar-refractivity contribution in [1.82, 2.24) is 24.4 Å². The van der Waals surface area contributed by atoms with Gasteiger partial charge in [-0.25, -0.2) is 9.97 Å². The summed E-state index contributed by atoms with van der Waals surface area (Å²) >= 11 is 0. The van der Waals surface area contributed by atoms with Crippen LogP contribution in [-0.4, -0.2) is 50.5 Å². The number of aromatic nitrogens is 4. The molecule has 0 saturated carbocycles. The van der Waals surface area contributed by atoms with Crippen LogP contribution >= 0.6 is 0 Å². The van der Waals surface area contributed by atoms with Crippen LogP contribution in [0.4, 0.5) is 0 Å². The molecule has 7 nitrogen and oxygen atoms in total. The molecule has 0 bridgehead atoms. The highest BCUT2D eigenvalue weighted by Gasteiger charge is 2.29. The molecule has 1 atom stereocenters. The van der Waals surface area contributed by atoms with Crippen molar-refractivity contribution >= 4 is 5.91 Å². The molecule has 1 fully saturated rings. The van der Waals surface area contributed by atoms with Gasteiger partial charge in [0, 0.05) is 56.5 Å². The normalized spacial score (nSPS) is 16.8. The van der Waals surface area contributed by atoms with Crippen molar-refractivity contribution in [2.24, 2.45) is 0 Å². The van der Waals surface area contributed by atoms with Gasteiger partial charge in [0.1, 0.15) is 11.4 Å². The Hall–Kier alpha value is -3.22. The van der Waals surface area contributed by atoms with E-state index in [4.69, 9.17) is 4.74 Å². The van der Waals surface area contributed by atoms with Crippen molar-refractivity contribution in [3.8, 4) is 5.88 Å². The van der Waals surface area contributed by atoms with Crippen LogP contribution in [0.25, 0.3) is 0 Å². The monoisotopic (exact) mass is 377 g/mol. The van der Waals surface area contributed by atoms with E-state index < -0.39 is 0 Å². The van der Waals surface area contributed by atoms with Gasteiger partial charge in [0.2, 0.25) is 5.88 Å². The van der Waals surface area contributed by atoms with E-state index in [0.717, 1.165) is 31.8 Å². The summed E-state index contributed by atoms with van der Waals surface area (Å²) in [4.78, 5) is 27.8. The number of ether oxygens (including phenoxy) is 1. The summed E-state index contributed by atoms with van der Waals surface area (Å²) in [7, 11) is 1.54. The SMILES string of the molecule is COc1ncccc1C(=O)N1CCC[C@@H](c2nccn2Cc2ccncc2)C1. The largest absolute Gasteiger partial charge is 0.480 e. The first-order chi connectivity index (χ1) is 13.8. The summed E-state index contributed by atoms with van der Waals surface area (Å²) in [6, 6.07) is 7.55. The van der Waals surface area contributed by atoms with E-state index in [0.29, 0.717) is 18.0 Å². The van der Waals surface area contributed by atoms with E-state index in [1.54, 1.807) is 30.7 Å². The number of piperidine rings is 1. The van der Waals surface area contributed by atoms with Gasteiger partial charge in [-0.3, -0.25) is 9.78 Å². The number of carbonyl (C=O) groups is 1. The van der Waals surface area contributed by atoms with Crippen LogP contribution in [0.2, 0.25) is 0 Å². The van der Waals surface area contributed by atoms with Gasteiger partial charge in [-0.2, -0.15) is 0 Å². The molecular weight excluding hydrogens is 354 g/mol. The van der Waals surface area contributed by atoms with Crippen LogP contribution in [0.15, 0.2) is 55.2 Å². The third-order valence-corrected chi connectivity index (χ3v) is 5.12. The van der Waals surface area contributed by atoms with E-state index in [1.807, 2.05) is 29.4 Å². The molecule has 0 N–H and O–H groups in total. The number of methoxy groups -OCH3 is 1. The molecule has 1 amide bonds. The Morgan fingerprint density at radius 2 is 2.04 bits per heavy atom. The second kappa shape index (κ2) is 8.21. The van der Waals surface area contributed by atoms with E-state index in [1.165, 1.54) is 12.7 Å². The van der Waals surface area contributed by atoms with Gasteiger partial charge >= 0.3 is 0 Å². The fourth-order valence-electron chi connectivity index (χ4n) is 3.76. The molecule has 0 aliphatic carbocycles. The summed E-state index contributed by atoms with van der Waals surface area (Å²) in [5.74, 6) is 1.56. The summed E-state index contributed by atoms with van der Waals surface area (Å²) in [5, 5.41) is 0. The average Bonchev–Trinajstić information content (AvgIpc) is 3.22. The van der Waals surface area contributed by atoms with Gasteiger partial charge in [-0.05, 0) is 42.7 Å². The molecule has 0 spiro atoms. The number of pyridine rings is 2. The zero-order valence-corrected chi connectivity index (χ0v) is 15.9. The van der Waals surface area contributed by atoms with Gasteiger partial charge in [0.25, 0.3) is 5.91 Å². The number of nitrogens with zero attached hydrogens (tertiary/aromatic N) is 5. The lowest BCUT2D eigenvalue weighted by atomic mass is 9.96. The summed E-state index contributed by atoms with van der Waals surface area (Å²) in [6.45, 7) is 2.13. The first-order valence-corrected chi connectivity index (χ1v) is 9.44. The molecule has 1 aliphatic rings. The second-order valence-corrected chi connectivity index (χ2v) is 6.92. The van der Waals surface area contributed by atoms with E-state index in [-0.39, 0.29) is 11.8 Å². The maximum absolute atomic E-state index is 13.0. The minimum absolute atomic E-state index is 0.0399. The van der Waals surface area contributed by atoms with Crippen LogP contribution in [0.3, 0.4) is 0 Å². The zero-order chi connectivity index (χ0) is 19.3. The molecule has 4 heterocycles. The molecule has 3 aromatic rings. The summed E-state index contributed by atoms with van der Waals surface area (Å²) in [6.07, 6.45) is 11.0. The fourth-order valence-corrected chi connectivity index (χ4v) is 3.76. The van der Waals surface area contributed by atoms with Crippen molar-refractivity contribution in [1.29, 1.82) is 0 Å². The lowest BCUT2D eigenvalue weighted by Crippen LogP contribution is -2.40. The van der Waals surface area contributed by atoms with Crippen molar-refractivity contribution < 1.29 is 9.53 Å². The molecule has 0 radical (unpaired) electrons. The fraction of sp³-hybridized carbons (Fsp3) is 0.333. The predicted molar refractivity (Wildman–Crippen MR) is 104 cm³/mol. The standard InChI is InChI=1S/C21H23N5O2/c1-28-20-18(5-2-8-24-20)21(27)26-12-3-4-17(15-26)19-23-11-13-25(19)14-16-6-9-22-10-7-16/h2,5-11,13,17H,3-4,12,14-15H2,1H3/t17-/m1/s1. The molecule has 1 aliphatic heterocycles. The summed E-state index contributed by atoms with van der Waals surface area (Å²) in [5.41, 5.74) is 1.68. The third kappa shape index (κ3) is 3.74. The molecular formula is C21H23N5O2. The van der Waals surface area contributed by atoms with Crippen LogP contribution in [-0.2, 0) is 6.54 Å². The summed E-state index contributed by atoms with van der Waals surface area (Å²) < 4.78 is 7.43. The van der Waals surface area contributed by atoms with Crippen molar-refractivity contribution in [3.05, 3.63) is 72.2 Å². The highest BCUT2D eigenvalue weighted by molar-refractivity contribution is 5.96. The van der Waals surface area contributed by atoms with E-state index in [9.17, 15) is 4.79 Å². The molecule has 1 saturated heterocycles. The van der Waals surface area contributed by atoms with Gasteiger partial charge in [-0.15, -0.1) is 0 Å². The smallest absolute Gasteiger partial charge is 0.259 e. The maximum Gasteiger partial charge on any atom is 0.259 e. The highest BCUT2D eigenvalue weighted by Crippen LogP contribution is 2.28. The lowest BCUT2D eigenvalue weighted by Gasteiger charge is -2.33. The Morgan fingerprint density at radius 1 is 1.18 bits per heavy atom. The molecule has 4 rings (SSSR count). The number of likely N-dealkylation sites (tertiary alicyclic amines) is 1. The maximum atomic E-state index is 13.0. The van der Waals surface area contributed by atoms with Crippen LogP contribution in [0.5, 0.6) is 5.88 Å². The van der Waals surface area contributed by atoms with Crippen molar-refractivity contribution in [2.45, 2.75) is 25.3 Å². The number of hydrogen-bond acceptors (Lipinski definition) is 5. The molecule has 144 valence electrons. The van der Waals surface area contributed by atoms with Crippen LogP contribution < -0.4 is 4.74 Å². The minimum Gasteiger partial charge on any atom is -0.480 e.